The maximum atomic E-state index is 12.4. The van der Waals surface area contributed by atoms with E-state index in [1.165, 1.54) is 0 Å². The Balaban J connectivity index is 1.05. The van der Waals surface area contributed by atoms with Crippen LogP contribution in [0.15, 0.2) is 72.8 Å². The molecule has 43 heavy (non-hydrogen) atoms. The number of amides is 2. The highest BCUT2D eigenvalue weighted by atomic mass is 16.6. The molecule has 2 atom stereocenters. The van der Waals surface area contributed by atoms with Gasteiger partial charge < -0.3 is 34.8 Å². The van der Waals surface area contributed by atoms with Crippen molar-refractivity contribution in [2.45, 2.75) is 50.9 Å². The van der Waals surface area contributed by atoms with Crippen molar-refractivity contribution < 1.29 is 29.3 Å². The Bertz CT molecular complexity index is 1370. The lowest BCUT2D eigenvalue weighted by molar-refractivity contribution is 0.0137. The SMILES string of the molecule is CC(C)(C)OC(=O)N1CCN(c2ccc(C(O)C(O)CCNC(=O)OCC3c4ccccc4-c4ccccc43)cc2)CC1. The van der Waals surface area contributed by atoms with Crippen molar-refractivity contribution in [1.82, 2.24) is 10.2 Å². The lowest BCUT2D eigenvalue weighted by Gasteiger charge is -2.36. The summed E-state index contributed by atoms with van der Waals surface area (Å²) in [4.78, 5) is 28.7. The van der Waals surface area contributed by atoms with E-state index in [2.05, 4.69) is 34.5 Å². The average Bonchev–Trinajstić information content (AvgIpc) is 3.32. The molecule has 1 fully saturated rings. The molecule has 2 unspecified atom stereocenters. The third kappa shape index (κ3) is 7.29. The van der Waals surface area contributed by atoms with E-state index in [9.17, 15) is 19.8 Å². The van der Waals surface area contributed by atoms with E-state index in [-0.39, 0.29) is 31.6 Å². The molecule has 1 saturated heterocycles. The molecule has 5 rings (SSSR count). The third-order valence-corrected chi connectivity index (χ3v) is 7.95. The number of piperazine rings is 1. The molecule has 0 aromatic heterocycles. The number of alkyl carbamates (subject to hydrolysis) is 1. The molecule has 0 saturated carbocycles. The van der Waals surface area contributed by atoms with Gasteiger partial charge in [0.05, 0.1) is 6.10 Å². The molecule has 9 heteroatoms. The molecule has 0 bridgehead atoms. The van der Waals surface area contributed by atoms with Gasteiger partial charge in [-0.15, -0.1) is 0 Å². The summed E-state index contributed by atoms with van der Waals surface area (Å²) >= 11 is 0. The monoisotopic (exact) mass is 587 g/mol. The van der Waals surface area contributed by atoms with Crippen molar-refractivity contribution in [1.29, 1.82) is 0 Å². The molecule has 3 aromatic rings. The lowest BCUT2D eigenvalue weighted by atomic mass is 9.98. The van der Waals surface area contributed by atoms with Crippen LogP contribution in [-0.2, 0) is 9.47 Å². The van der Waals surface area contributed by atoms with Gasteiger partial charge in [0.25, 0.3) is 0 Å². The first-order chi connectivity index (χ1) is 20.6. The van der Waals surface area contributed by atoms with Gasteiger partial charge >= 0.3 is 12.2 Å². The van der Waals surface area contributed by atoms with Gasteiger partial charge in [0.2, 0.25) is 0 Å². The van der Waals surface area contributed by atoms with Gasteiger partial charge in [0, 0.05) is 44.3 Å². The molecule has 1 heterocycles. The van der Waals surface area contributed by atoms with E-state index < -0.39 is 23.9 Å². The van der Waals surface area contributed by atoms with Gasteiger partial charge in [-0.25, -0.2) is 9.59 Å². The van der Waals surface area contributed by atoms with Crippen molar-refractivity contribution in [3.8, 4) is 11.1 Å². The molecule has 0 radical (unpaired) electrons. The van der Waals surface area contributed by atoms with E-state index in [4.69, 9.17) is 9.47 Å². The standard InChI is InChI=1S/C34H41N3O6/c1-34(2,3)43-33(41)37-20-18-36(19-21-37)24-14-12-23(13-15-24)31(39)30(38)16-17-35-32(40)42-22-29-27-10-6-4-8-25(27)26-9-5-7-11-28(26)29/h4-15,29-31,38-39H,16-22H2,1-3H3,(H,35,40). The van der Waals surface area contributed by atoms with Crippen LogP contribution in [0.5, 0.6) is 0 Å². The summed E-state index contributed by atoms with van der Waals surface area (Å²) in [6.07, 6.45) is -2.84. The number of ether oxygens (including phenoxy) is 2. The molecule has 0 spiro atoms. The lowest BCUT2D eigenvalue weighted by Crippen LogP contribution is -2.50. The quantitative estimate of drug-likeness (QED) is 0.338. The molecule has 9 nitrogen and oxygen atoms in total. The Morgan fingerprint density at radius 3 is 2.05 bits per heavy atom. The van der Waals surface area contributed by atoms with Gasteiger partial charge in [0.15, 0.2) is 0 Å². The Labute approximate surface area is 253 Å². The highest BCUT2D eigenvalue weighted by molar-refractivity contribution is 5.79. The molecule has 1 aliphatic carbocycles. The molecule has 1 aliphatic heterocycles. The largest absolute Gasteiger partial charge is 0.449 e. The van der Waals surface area contributed by atoms with Gasteiger partial charge in [-0.05, 0) is 67.1 Å². The number of hydrogen-bond donors (Lipinski definition) is 3. The first-order valence-corrected chi connectivity index (χ1v) is 14.9. The number of carbonyl (C=O) groups is 2. The minimum absolute atomic E-state index is 0.0256. The Kier molecular flexibility index (Phi) is 9.22. The van der Waals surface area contributed by atoms with Crippen molar-refractivity contribution in [3.05, 3.63) is 89.5 Å². The molecule has 3 aromatic carbocycles. The number of anilines is 1. The zero-order chi connectivity index (χ0) is 30.6. The van der Waals surface area contributed by atoms with Crippen molar-refractivity contribution >= 4 is 17.9 Å². The van der Waals surface area contributed by atoms with Gasteiger partial charge in [-0.1, -0.05) is 60.7 Å². The predicted molar refractivity (Wildman–Crippen MR) is 165 cm³/mol. The van der Waals surface area contributed by atoms with Gasteiger partial charge in [-0.2, -0.15) is 0 Å². The average molecular weight is 588 g/mol. The van der Waals surface area contributed by atoms with Crippen molar-refractivity contribution in [2.24, 2.45) is 0 Å². The maximum Gasteiger partial charge on any atom is 0.410 e. The van der Waals surface area contributed by atoms with E-state index in [0.29, 0.717) is 31.7 Å². The number of aliphatic hydroxyl groups is 2. The number of aliphatic hydroxyl groups excluding tert-OH is 2. The number of rotatable bonds is 8. The first kappa shape index (κ1) is 30.4. The topological polar surface area (TPSA) is 112 Å². The summed E-state index contributed by atoms with van der Waals surface area (Å²) in [5, 5.41) is 24.0. The van der Waals surface area contributed by atoms with E-state index in [1.807, 2.05) is 57.2 Å². The van der Waals surface area contributed by atoms with Crippen LogP contribution in [0.2, 0.25) is 0 Å². The first-order valence-electron chi connectivity index (χ1n) is 14.9. The highest BCUT2D eigenvalue weighted by Gasteiger charge is 2.29. The molecule has 228 valence electrons. The second kappa shape index (κ2) is 13.1. The molecular formula is C34H41N3O6. The van der Waals surface area contributed by atoms with E-state index >= 15 is 0 Å². The number of nitrogens with one attached hydrogen (secondary N) is 1. The van der Waals surface area contributed by atoms with E-state index in [0.717, 1.165) is 27.9 Å². The molecule has 2 aliphatic rings. The second-order valence-corrected chi connectivity index (χ2v) is 12.1. The smallest absolute Gasteiger partial charge is 0.410 e. The normalized spacial score (nSPS) is 16.2. The summed E-state index contributed by atoms with van der Waals surface area (Å²) in [7, 11) is 0. The number of benzene rings is 3. The fourth-order valence-electron chi connectivity index (χ4n) is 5.71. The van der Waals surface area contributed by atoms with Crippen molar-refractivity contribution in [3.63, 3.8) is 0 Å². The summed E-state index contributed by atoms with van der Waals surface area (Å²) in [5.74, 6) is -0.0256. The van der Waals surface area contributed by atoms with Crippen LogP contribution < -0.4 is 10.2 Å². The maximum absolute atomic E-state index is 12.4. The highest BCUT2D eigenvalue weighted by Crippen LogP contribution is 2.44. The Morgan fingerprint density at radius 1 is 0.884 bits per heavy atom. The summed E-state index contributed by atoms with van der Waals surface area (Å²) in [6, 6.07) is 23.7. The van der Waals surface area contributed by atoms with Crippen LogP contribution in [0.4, 0.5) is 15.3 Å². The zero-order valence-corrected chi connectivity index (χ0v) is 25.0. The van der Waals surface area contributed by atoms with Crippen LogP contribution >= 0.6 is 0 Å². The third-order valence-electron chi connectivity index (χ3n) is 7.95. The number of nitrogens with zero attached hydrogens (tertiary/aromatic N) is 2. The summed E-state index contributed by atoms with van der Waals surface area (Å²) in [5.41, 5.74) is 5.66. The fraction of sp³-hybridized carbons (Fsp3) is 0.412. The fourth-order valence-corrected chi connectivity index (χ4v) is 5.71. The minimum Gasteiger partial charge on any atom is -0.449 e. The van der Waals surface area contributed by atoms with Crippen LogP contribution in [-0.4, -0.2) is 78.3 Å². The molecule has 2 amide bonds. The Hall–Kier alpha value is -4.08. The van der Waals surface area contributed by atoms with Crippen molar-refractivity contribution in [2.75, 3.05) is 44.2 Å². The van der Waals surface area contributed by atoms with Gasteiger partial charge in [-0.3, -0.25) is 0 Å². The van der Waals surface area contributed by atoms with Crippen LogP contribution in [0.25, 0.3) is 11.1 Å². The summed E-state index contributed by atoms with van der Waals surface area (Å²) in [6.45, 7) is 8.42. The second-order valence-electron chi connectivity index (χ2n) is 12.1. The Morgan fingerprint density at radius 2 is 1.47 bits per heavy atom. The predicted octanol–water partition coefficient (Wildman–Crippen LogP) is 5.07. The van der Waals surface area contributed by atoms with Gasteiger partial charge in [0.1, 0.15) is 18.3 Å². The molecule has 3 N–H and O–H groups in total. The summed E-state index contributed by atoms with van der Waals surface area (Å²) < 4.78 is 11.0. The van der Waals surface area contributed by atoms with E-state index in [1.54, 1.807) is 17.0 Å². The number of carbonyl (C=O) groups excluding carboxylic acids is 2. The number of fused-ring (bicyclic) bond motifs is 3. The number of hydrogen-bond acceptors (Lipinski definition) is 7. The minimum atomic E-state index is -1.10. The van der Waals surface area contributed by atoms with Crippen LogP contribution in [0.1, 0.15) is 55.9 Å². The molecular weight excluding hydrogens is 546 g/mol. The van der Waals surface area contributed by atoms with Crippen LogP contribution in [0, 0.1) is 0 Å². The zero-order valence-electron chi connectivity index (χ0n) is 25.0. The van der Waals surface area contributed by atoms with Crippen LogP contribution in [0.3, 0.4) is 0 Å².